The van der Waals surface area contributed by atoms with Gasteiger partial charge in [0.1, 0.15) is 0 Å². The van der Waals surface area contributed by atoms with E-state index in [0.717, 1.165) is 13.1 Å². The number of hydrogen-bond acceptors (Lipinski definition) is 4. The highest BCUT2D eigenvalue weighted by Gasteiger charge is 2.21. The first-order valence-corrected chi connectivity index (χ1v) is 8.78. The molecule has 0 aromatic heterocycles. The van der Waals surface area contributed by atoms with Gasteiger partial charge in [0.2, 0.25) is 10.0 Å². The average molecular weight is 348 g/mol. The highest BCUT2D eigenvalue weighted by molar-refractivity contribution is 7.92. The third-order valence-electron chi connectivity index (χ3n) is 3.30. The summed E-state index contributed by atoms with van der Waals surface area (Å²) in [6.07, 6.45) is 0.531. The van der Waals surface area contributed by atoms with Gasteiger partial charge in [-0.2, -0.15) is 0 Å². The maximum Gasteiger partial charge on any atom is 0.256 e. The SMILES string of the molecule is CCCS(=O)(=O)Nc1ccccc1C(=O)N1CCNCC1.Cl. The van der Waals surface area contributed by atoms with E-state index in [4.69, 9.17) is 0 Å². The second-order valence-electron chi connectivity index (χ2n) is 5.01. The first kappa shape index (κ1) is 18.7. The van der Waals surface area contributed by atoms with Crippen LogP contribution in [0.3, 0.4) is 0 Å². The van der Waals surface area contributed by atoms with E-state index in [1.165, 1.54) is 0 Å². The van der Waals surface area contributed by atoms with Crippen LogP contribution in [-0.4, -0.2) is 51.2 Å². The summed E-state index contributed by atoms with van der Waals surface area (Å²) in [4.78, 5) is 14.3. The van der Waals surface area contributed by atoms with Crippen molar-refractivity contribution in [3.63, 3.8) is 0 Å². The molecule has 124 valence electrons. The monoisotopic (exact) mass is 347 g/mol. The molecule has 1 aliphatic rings. The van der Waals surface area contributed by atoms with Gasteiger partial charge in [-0.1, -0.05) is 19.1 Å². The maximum atomic E-state index is 12.5. The fourth-order valence-corrected chi connectivity index (χ4v) is 3.44. The molecule has 0 bridgehead atoms. The molecule has 0 spiro atoms. The summed E-state index contributed by atoms with van der Waals surface area (Å²) >= 11 is 0. The number of piperazine rings is 1. The molecule has 1 saturated heterocycles. The molecule has 6 nitrogen and oxygen atoms in total. The minimum atomic E-state index is -3.40. The number of hydrogen-bond donors (Lipinski definition) is 2. The number of amides is 1. The molecule has 2 rings (SSSR count). The Labute approximate surface area is 137 Å². The lowest BCUT2D eigenvalue weighted by atomic mass is 10.1. The number of nitrogens with zero attached hydrogens (tertiary/aromatic N) is 1. The predicted molar refractivity (Wildman–Crippen MR) is 90.2 cm³/mol. The van der Waals surface area contributed by atoms with Crippen LogP contribution in [-0.2, 0) is 10.0 Å². The van der Waals surface area contributed by atoms with Crippen molar-refractivity contribution < 1.29 is 13.2 Å². The molecule has 22 heavy (non-hydrogen) atoms. The van der Waals surface area contributed by atoms with E-state index in [1.807, 2.05) is 0 Å². The van der Waals surface area contributed by atoms with Crippen molar-refractivity contribution in [2.45, 2.75) is 13.3 Å². The summed E-state index contributed by atoms with van der Waals surface area (Å²) in [7, 11) is -3.40. The number of rotatable bonds is 5. The molecule has 1 aromatic rings. The zero-order valence-electron chi connectivity index (χ0n) is 12.5. The molecular formula is C14H22ClN3O3S. The van der Waals surface area contributed by atoms with Crippen molar-refractivity contribution in [1.29, 1.82) is 0 Å². The van der Waals surface area contributed by atoms with Crippen LogP contribution in [0.5, 0.6) is 0 Å². The van der Waals surface area contributed by atoms with Crippen molar-refractivity contribution in [3.05, 3.63) is 29.8 Å². The van der Waals surface area contributed by atoms with Crippen LogP contribution in [0.2, 0.25) is 0 Å². The number of anilines is 1. The van der Waals surface area contributed by atoms with Crippen LogP contribution in [0.4, 0.5) is 5.69 Å². The normalized spacial score (nSPS) is 15.0. The molecule has 1 heterocycles. The van der Waals surface area contributed by atoms with Gasteiger partial charge >= 0.3 is 0 Å². The Morgan fingerprint density at radius 2 is 1.91 bits per heavy atom. The van der Waals surface area contributed by atoms with E-state index in [-0.39, 0.29) is 24.1 Å². The van der Waals surface area contributed by atoms with Crippen molar-refractivity contribution in [2.75, 3.05) is 36.7 Å². The maximum absolute atomic E-state index is 12.5. The molecule has 0 saturated carbocycles. The molecule has 2 N–H and O–H groups in total. The molecule has 1 aliphatic heterocycles. The minimum absolute atomic E-state index is 0. The average Bonchev–Trinajstić information content (AvgIpc) is 2.47. The molecule has 0 atom stereocenters. The Morgan fingerprint density at radius 3 is 2.55 bits per heavy atom. The molecule has 0 unspecified atom stereocenters. The summed E-state index contributed by atoms with van der Waals surface area (Å²) in [5.41, 5.74) is 0.758. The van der Waals surface area contributed by atoms with Gasteiger partial charge in [0.15, 0.2) is 0 Å². The van der Waals surface area contributed by atoms with Crippen LogP contribution in [0, 0.1) is 0 Å². The van der Waals surface area contributed by atoms with Gasteiger partial charge in [-0.3, -0.25) is 9.52 Å². The van der Waals surface area contributed by atoms with Gasteiger partial charge in [0, 0.05) is 26.2 Å². The van der Waals surface area contributed by atoms with E-state index in [9.17, 15) is 13.2 Å². The van der Waals surface area contributed by atoms with Crippen LogP contribution < -0.4 is 10.0 Å². The Kier molecular flexibility index (Phi) is 7.12. The zero-order valence-corrected chi connectivity index (χ0v) is 14.2. The van der Waals surface area contributed by atoms with Crippen LogP contribution >= 0.6 is 12.4 Å². The Morgan fingerprint density at radius 1 is 1.27 bits per heavy atom. The van der Waals surface area contributed by atoms with Crippen LogP contribution in [0.1, 0.15) is 23.7 Å². The fraction of sp³-hybridized carbons (Fsp3) is 0.500. The lowest BCUT2D eigenvalue weighted by Crippen LogP contribution is -2.46. The van der Waals surface area contributed by atoms with Gasteiger partial charge in [0.05, 0.1) is 17.0 Å². The lowest BCUT2D eigenvalue weighted by Gasteiger charge is -2.28. The van der Waals surface area contributed by atoms with E-state index < -0.39 is 10.0 Å². The minimum Gasteiger partial charge on any atom is -0.336 e. The van der Waals surface area contributed by atoms with Gasteiger partial charge in [-0.05, 0) is 18.6 Å². The quantitative estimate of drug-likeness (QED) is 0.841. The summed E-state index contributed by atoms with van der Waals surface area (Å²) in [6, 6.07) is 6.75. The summed E-state index contributed by atoms with van der Waals surface area (Å²) in [5.74, 6) is -0.0883. The van der Waals surface area contributed by atoms with Crippen molar-refractivity contribution in [2.24, 2.45) is 0 Å². The fourth-order valence-electron chi connectivity index (χ4n) is 2.28. The van der Waals surface area contributed by atoms with Crippen LogP contribution in [0.15, 0.2) is 24.3 Å². The molecule has 1 amide bonds. The number of sulfonamides is 1. The summed E-state index contributed by atoms with van der Waals surface area (Å²) < 4.78 is 26.3. The Bertz CT molecular complexity index is 601. The van der Waals surface area contributed by atoms with Gasteiger partial charge in [-0.25, -0.2) is 8.42 Å². The largest absolute Gasteiger partial charge is 0.336 e. The number of nitrogens with one attached hydrogen (secondary N) is 2. The second-order valence-corrected chi connectivity index (χ2v) is 6.85. The third-order valence-corrected chi connectivity index (χ3v) is 4.78. The molecule has 1 fully saturated rings. The van der Waals surface area contributed by atoms with Gasteiger partial charge in [0.25, 0.3) is 5.91 Å². The van der Waals surface area contributed by atoms with E-state index in [1.54, 1.807) is 36.1 Å². The topological polar surface area (TPSA) is 78.5 Å². The molecule has 0 aliphatic carbocycles. The molecule has 0 radical (unpaired) electrons. The van der Waals surface area contributed by atoms with Crippen molar-refractivity contribution >= 4 is 34.0 Å². The Balaban J connectivity index is 0.00000242. The lowest BCUT2D eigenvalue weighted by molar-refractivity contribution is 0.0737. The zero-order chi connectivity index (χ0) is 15.3. The van der Waals surface area contributed by atoms with Crippen molar-refractivity contribution in [1.82, 2.24) is 10.2 Å². The highest BCUT2D eigenvalue weighted by Crippen LogP contribution is 2.19. The number of carbonyl (C=O) groups is 1. The van der Waals surface area contributed by atoms with E-state index >= 15 is 0 Å². The highest BCUT2D eigenvalue weighted by atomic mass is 35.5. The second kappa shape index (κ2) is 8.36. The predicted octanol–water partition coefficient (Wildman–Crippen LogP) is 1.31. The standard InChI is InChI=1S/C14H21N3O3S.ClH/c1-2-11-21(19,20)16-13-6-4-3-5-12(13)14(18)17-9-7-15-8-10-17;/h3-6,15-16H,2,7-11H2,1H3;1H. The van der Waals surface area contributed by atoms with Gasteiger partial charge in [-0.15, -0.1) is 12.4 Å². The molecule has 1 aromatic carbocycles. The first-order valence-electron chi connectivity index (χ1n) is 7.13. The van der Waals surface area contributed by atoms with E-state index in [0.29, 0.717) is 30.8 Å². The van der Waals surface area contributed by atoms with E-state index in [2.05, 4.69) is 10.0 Å². The summed E-state index contributed by atoms with van der Waals surface area (Å²) in [5, 5.41) is 3.19. The van der Waals surface area contributed by atoms with Crippen LogP contribution in [0.25, 0.3) is 0 Å². The number of para-hydroxylation sites is 1. The number of benzene rings is 1. The molecular weight excluding hydrogens is 326 g/mol. The number of halogens is 1. The number of carbonyl (C=O) groups excluding carboxylic acids is 1. The first-order chi connectivity index (χ1) is 10.0. The smallest absolute Gasteiger partial charge is 0.256 e. The third kappa shape index (κ3) is 4.86. The Hall–Kier alpha value is -1.31. The summed E-state index contributed by atoms with van der Waals surface area (Å²) in [6.45, 7) is 4.59. The van der Waals surface area contributed by atoms with Gasteiger partial charge < -0.3 is 10.2 Å². The van der Waals surface area contributed by atoms with Crippen molar-refractivity contribution in [3.8, 4) is 0 Å². The molecule has 8 heteroatoms.